The highest BCUT2D eigenvalue weighted by atomic mass is 16.5. The zero-order chi connectivity index (χ0) is 14.9. The highest BCUT2D eigenvalue weighted by Gasteiger charge is 2.61. The molecular formula is C17H23NO3. The van der Waals surface area contributed by atoms with Crippen LogP contribution >= 0.6 is 0 Å². The molecule has 1 aromatic rings. The van der Waals surface area contributed by atoms with E-state index >= 15 is 0 Å². The smallest absolute Gasteiger partial charge is 0.165 e. The van der Waals surface area contributed by atoms with E-state index in [1.807, 2.05) is 6.07 Å². The van der Waals surface area contributed by atoms with Crippen LogP contribution in [-0.4, -0.2) is 47.0 Å². The van der Waals surface area contributed by atoms with E-state index in [1.54, 1.807) is 13.0 Å². The van der Waals surface area contributed by atoms with Crippen LogP contribution < -0.4 is 4.74 Å². The molecule has 1 spiro atoms. The summed E-state index contributed by atoms with van der Waals surface area (Å²) in [4.78, 5) is 2.43. The Morgan fingerprint density at radius 3 is 2.90 bits per heavy atom. The lowest BCUT2D eigenvalue weighted by atomic mass is 9.55. The summed E-state index contributed by atoms with van der Waals surface area (Å²) in [6.45, 7) is 5.09. The summed E-state index contributed by atoms with van der Waals surface area (Å²) in [6.07, 6.45) is 1.17. The van der Waals surface area contributed by atoms with Gasteiger partial charge < -0.3 is 19.8 Å². The van der Waals surface area contributed by atoms with Crippen LogP contribution in [0.1, 0.15) is 31.4 Å². The second-order valence-electron chi connectivity index (χ2n) is 7.06. The number of aliphatic hydroxyl groups is 1. The Morgan fingerprint density at radius 2 is 2.19 bits per heavy atom. The third-order valence-electron chi connectivity index (χ3n) is 6.14. The molecule has 21 heavy (non-hydrogen) atoms. The number of benzene rings is 1. The molecule has 2 heterocycles. The molecule has 2 aliphatic heterocycles. The van der Waals surface area contributed by atoms with E-state index in [1.165, 1.54) is 11.1 Å². The number of nitrogens with zero attached hydrogens (tertiary/aromatic N) is 1. The first kappa shape index (κ1) is 13.4. The average Bonchev–Trinajstić information content (AvgIpc) is 2.79. The maximum Gasteiger partial charge on any atom is 0.165 e. The number of likely N-dealkylation sites (N-methyl/N-ethyl adjacent to an activating group) is 1. The van der Waals surface area contributed by atoms with E-state index < -0.39 is 6.10 Å². The number of phenolic OH excluding ortho intramolecular Hbond substituents is 1. The van der Waals surface area contributed by atoms with E-state index in [0.717, 1.165) is 19.4 Å². The average molecular weight is 289 g/mol. The number of likely N-dealkylation sites (tertiary alicyclic amines) is 1. The van der Waals surface area contributed by atoms with Gasteiger partial charge in [-0.1, -0.05) is 13.0 Å². The Bertz CT molecular complexity index is 600. The second-order valence-corrected chi connectivity index (χ2v) is 7.06. The molecule has 1 aliphatic carbocycles. The van der Waals surface area contributed by atoms with Crippen molar-refractivity contribution in [2.24, 2.45) is 5.92 Å². The zero-order valence-corrected chi connectivity index (χ0v) is 12.8. The minimum absolute atomic E-state index is 0.160. The Balaban J connectivity index is 1.99. The molecule has 0 saturated carbocycles. The fourth-order valence-electron chi connectivity index (χ4n) is 5.11. The number of aromatic hydroxyl groups is 1. The van der Waals surface area contributed by atoms with Crippen LogP contribution in [0.15, 0.2) is 12.1 Å². The first-order chi connectivity index (χ1) is 9.96. The van der Waals surface area contributed by atoms with Crippen molar-refractivity contribution in [3.8, 4) is 11.5 Å². The molecular weight excluding hydrogens is 266 g/mol. The topological polar surface area (TPSA) is 52.9 Å². The lowest BCUT2D eigenvalue weighted by molar-refractivity contribution is -0.0526. The van der Waals surface area contributed by atoms with Crippen molar-refractivity contribution in [1.29, 1.82) is 0 Å². The Morgan fingerprint density at radius 1 is 1.43 bits per heavy atom. The zero-order valence-electron chi connectivity index (χ0n) is 12.8. The SMILES string of the molecule is CC(O)C1Oc2c(O)ccc3c2C12CCN(C)C(C3)C2C. The molecule has 1 saturated heterocycles. The van der Waals surface area contributed by atoms with Gasteiger partial charge in [-0.2, -0.15) is 0 Å². The van der Waals surface area contributed by atoms with Crippen LogP contribution in [0.4, 0.5) is 0 Å². The molecule has 0 amide bonds. The Hall–Kier alpha value is -1.26. The predicted molar refractivity (Wildman–Crippen MR) is 79.8 cm³/mol. The molecule has 4 rings (SSSR count). The number of fused-ring (bicyclic) bond motifs is 1. The minimum atomic E-state index is -0.547. The van der Waals surface area contributed by atoms with Crippen LogP contribution in [0.3, 0.4) is 0 Å². The second kappa shape index (κ2) is 4.14. The van der Waals surface area contributed by atoms with Crippen molar-refractivity contribution in [2.45, 2.75) is 50.4 Å². The molecule has 0 aromatic heterocycles. The van der Waals surface area contributed by atoms with Gasteiger partial charge in [0, 0.05) is 17.0 Å². The van der Waals surface area contributed by atoms with Crippen molar-refractivity contribution < 1.29 is 14.9 Å². The molecule has 2 N–H and O–H groups in total. The van der Waals surface area contributed by atoms with E-state index in [9.17, 15) is 10.2 Å². The quantitative estimate of drug-likeness (QED) is 0.826. The van der Waals surface area contributed by atoms with Gasteiger partial charge in [-0.3, -0.25) is 0 Å². The van der Waals surface area contributed by atoms with Crippen molar-refractivity contribution in [3.05, 3.63) is 23.3 Å². The van der Waals surface area contributed by atoms with Gasteiger partial charge in [-0.05, 0) is 50.9 Å². The number of ether oxygens (including phenoxy) is 1. The summed E-state index contributed by atoms with van der Waals surface area (Å²) in [5.74, 6) is 1.24. The summed E-state index contributed by atoms with van der Waals surface area (Å²) in [5, 5.41) is 20.5. The molecule has 2 bridgehead atoms. The van der Waals surface area contributed by atoms with Crippen molar-refractivity contribution in [2.75, 3.05) is 13.6 Å². The van der Waals surface area contributed by atoms with Crippen LogP contribution in [0.2, 0.25) is 0 Å². The summed E-state index contributed by atoms with van der Waals surface area (Å²) in [6, 6.07) is 4.25. The molecule has 1 aromatic carbocycles. The summed E-state index contributed by atoms with van der Waals surface area (Å²) in [5.41, 5.74) is 2.29. The number of aliphatic hydroxyl groups excluding tert-OH is 1. The maximum atomic E-state index is 10.3. The number of hydrogen-bond acceptors (Lipinski definition) is 4. The fourth-order valence-corrected chi connectivity index (χ4v) is 5.11. The van der Waals surface area contributed by atoms with Gasteiger partial charge in [-0.15, -0.1) is 0 Å². The monoisotopic (exact) mass is 289 g/mol. The molecule has 114 valence electrons. The number of hydrogen-bond donors (Lipinski definition) is 2. The van der Waals surface area contributed by atoms with E-state index in [2.05, 4.69) is 18.9 Å². The number of rotatable bonds is 1. The molecule has 4 nitrogen and oxygen atoms in total. The summed E-state index contributed by atoms with van der Waals surface area (Å²) in [7, 11) is 2.19. The molecule has 5 unspecified atom stereocenters. The fraction of sp³-hybridized carbons (Fsp3) is 0.647. The van der Waals surface area contributed by atoms with Crippen molar-refractivity contribution in [1.82, 2.24) is 4.90 Å². The number of phenols is 1. The summed E-state index contributed by atoms with van der Waals surface area (Å²) < 4.78 is 6.09. The van der Waals surface area contributed by atoms with Gasteiger partial charge in [0.25, 0.3) is 0 Å². The Labute approximate surface area is 125 Å². The first-order valence-corrected chi connectivity index (χ1v) is 7.87. The van der Waals surface area contributed by atoms with Crippen LogP contribution in [-0.2, 0) is 11.8 Å². The van der Waals surface area contributed by atoms with Gasteiger partial charge in [0.2, 0.25) is 0 Å². The lowest BCUT2D eigenvalue weighted by Gasteiger charge is -2.54. The van der Waals surface area contributed by atoms with E-state index in [-0.39, 0.29) is 17.3 Å². The molecule has 4 heteroatoms. The highest BCUT2D eigenvalue weighted by molar-refractivity contribution is 5.60. The predicted octanol–water partition coefficient (Wildman–Crippen LogP) is 1.67. The molecule has 5 atom stereocenters. The van der Waals surface area contributed by atoms with Crippen LogP contribution in [0, 0.1) is 5.92 Å². The van der Waals surface area contributed by atoms with Gasteiger partial charge in [0.05, 0.1) is 6.10 Å². The normalized spacial score (nSPS) is 38.8. The minimum Gasteiger partial charge on any atom is -0.504 e. The van der Waals surface area contributed by atoms with Gasteiger partial charge >= 0.3 is 0 Å². The van der Waals surface area contributed by atoms with Crippen LogP contribution in [0.5, 0.6) is 11.5 Å². The van der Waals surface area contributed by atoms with E-state index in [0.29, 0.717) is 17.7 Å². The molecule has 3 aliphatic rings. The highest BCUT2D eigenvalue weighted by Crippen LogP contribution is 2.60. The maximum absolute atomic E-state index is 10.3. The summed E-state index contributed by atoms with van der Waals surface area (Å²) >= 11 is 0. The third-order valence-corrected chi connectivity index (χ3v) is 6.14. The standard InChI is InChI=1S/C17H23NO3/c1-9-12-8-11-4-5-13(20)15-14(11)17(9,6-7-18(12)3)16(21-15)10(2)19/h4-5,9-10,12,16,19-20H,6-8H2,1-3H3. The number of piperidine rings is 1. The van der Waals surface area contributed by atoms with Gasteiger partial charge in [0.1, 0.15) is 6.10 Å². The third kappa shape index (κ3) is 1.47. The van der Waals surface area contributed by atoms with Crippen LogP contribution in [0.25, 0.3) is 0 Å². The lowest BCUT2D eigenvalue weighted by Crippen LogP contribution is -2.62. The first-order valence-electron chi connectivity index (χ1n) is 7.87. The largest absolute Gasteiger partial charge is 0.504 e. The van der Waals surface area contributed by atoms with E-state index in [4.69, 9.17) is 4.74 Å². The van der Waals surface area contributed by atoms with Gasteiger partial charge in [0.15, 0.2) is 11.5 Å². The molecule has 1 fully saturated rings. The molecule has 0 radical (unpaired) electrons. The van der Waals surface area contributed by atoms with Crippen molar-refractivity contribution in [3.63, 3.8) is 0 Å². The van der Waals surface area contributed by atoms with Crippen molar-refractivity contribution >= 4 is 0 Å². The van der Waals surface area contributed by atoms with Gasteiger partial charge in [-0.25, -0.2) is 0 Å². The Kier molecular flexibility index (Phi) is 2.64.